The Bertz CT molecular complexity index is 598. The van der Waals surface area contributed by atoms with Crippen molar-refractivity contribution >= 4 is 35.9 Å². The maximum Gasteiger partial charge on any atom is 0.310 e. The van der Waals surface area contributed by atoms with Gasteiger partial charge in [-0.15, -0.1) is 24.0 Å². The second-order valence-corrected chi connectivity index (χ2v) is 6.24. The molecule has 1 aromatic carbocycles. The molecule has 146 valence electrons. The Morgan fingerprint density at radius 2 is 2.27 bits per heavy atom. The number of hydrogen-bond acceptors (Lipinski definition) is 3. The fraction of sp³-hybridized carbons (Fsp3) is 0.579. The summed E-state index contributed by atoms with van der Waals surface area (Å²) in [5.41, 5.74) is 0.997. The molecule has 1 aliphatic heterocycles. The van der Waals surface area contributed by atoms with Crippen molar-refractivity contribution in [3.63, 3.8) is 0 Å². The summed E-state index contributed by atoms with van der Waals surface area (Å²) in [6.07, 6.45) is 3.52. The summed E-state index contributed by atoms with van der Waals surface area (Å²) in [6.45, 7) is 4.53. The molecule has 0 amide bonds. The topological polar surface area (TPSA) is 53.9 Å². The number of ether oxygens (including phenoxy) is 1. The van der Waals surface area contributed by atoms with E-state index in [1.165, 1.54) is 6.07 Å². The minimum atomic E-state index is -0.195. The van der Waals surface area contributed by atoms with Crippen LogP contribution in [0.5, 0.6) is 0 Å². The molecule has 0 saturated carbocycles. The zero-order valence-electron chi connectivity index (χ0n) is 15.5. The van der Waals surface area contributed by atoms with Gasteiger partial charge in [-0.25, -0.2) is 4.39 Å². The SMILES string of the molecule is CCOC(=O)C1CCCN(C(=NC)NCCCc2cccc(F)c2)C1.I. The number of nitrogens with zero attached hydrogens (tertiary/aromatic N) is 2. The highest BCUT2D eigenvalue weighted by molar-refractivity contribution is 14.0. The van der Waals surface area contributed by atoms with Gasteiger partial charge in [0.05, 0.1) is 12.5 Å². The lowest BCUT2D eigenvalue weighted by atomic mass is 9.98. The number of likely N-dealkylation sites (tertiary alicyclic amines) is 1. The van der Waals surface area contributed by atoms with Crippen LogP contribution < -0.4 is 5.32 Å². The average molecular weight is 477 g/mol. The molecule has 0 bridgehead atoms. The highest BCUT2D eigenvalue weighted by Crippen LogP contribution is 2.18. The molecule has 5 nitrogen and oxygen atoms in total. The molecule has 2 rings (SSSR count). The van der Waals surface area contributed by atoms with Gasteiger partial charge in [-0.3, -0.25) is 9.79 Å². The number of nitrogens with one attached hydrogen (secondary N) is 1. The average Bonchev–Trinajstić information content (AvgIpc) is 2.62. The van der Waals surface area contributed by atoms with Gasteiger partial charge in [0, 0.05) is 26.7 Å². The highest BCUT2D eigenvalue weighted by atomic mass is 127. The third kappa shape index (κ3) is 7.09. The molecule has 1 atom stereocenters. The molecule has 1 aliphatic rings. The molecule has 0 spiro atoms. The Hall–Kier alpha value is -1.38. The lowest BCUT2D eigenvalue weighted by Gasteiger charge is -2.34. The standard InChI is InChI=1S/C19H28FN3O2.HI/c1-3-25-18(24)16-9-6-12-23(14-16)19(21-2)22-11-5-8-15-7-4-10-17(20)13-15;/h4,7,10,13,16H,3,5-6,8-9,11-12,14H2,1-2H3,(H,21,22);1H. The molecular formula is C19H29FIN3O2. The smallest absolute Gasteiger partial charge is 0.310 e. The summed E-state index contributed by atoms with van der Waals surface area (Å²) in [5, 5.41) is 3.35. The normalized spacial score (nSPS) is 17.4. The number of hydrogen-bond donors (Lipinski definition) is 1. The molecule has 1 aromatic rings. The molecule has 0 aliphatic carbocycles. The summed E-state index contributed by atoms with van der Waals surface area (Å²) in [7, 11) is 1.75. The number of rotatable bonds is 6. The molecule has 26 heavy (non-hydrogen) atoms. The van der Waals surface area contributed by atoms with Gasteiger partial charge >= 0.3 is 5.97 Å². The number of esters is 1. The van der Waals surface area contributed by atoms with E-state index in [9.17, 15) is 9.18 Å². The maximum absolute atomic E-state index is 13.2. The lowest BCUT2D eigenvalue weighted by Crippen LogP contribution is -2.48. The fourth-order valence-electron chi connectivity index (χ4n) is 3.14. The van der Waals surface area contributed by atoms with E-state index in [0.717, 1.165) is 50.3 Å². The molecule has 0 aromatic heterocycles. The Kier molecular flexibility index (Phi) is 10.5. The summed E-state index contributed by atoms with van der Waals surface area (Å²) >= 11 is 0. The predicted octanol–water partition coefficient (Wildman–Crippen LogP) is 3.23. The van der Waals surface area contributed by atoms with Crippen LogP contribution >= 0.6 is 24.0 Å². The van der Waals surface area contributed by atoms with Crippen LogP contribution in [0.1, 0.15) is 31.7 Å². The van der Waals surface area contributed by atoms with Crippen molar-refractivity contribution in [3.8, 4) is 0 Å². The second-order valence-electron chi connectivity index (χ2n) is 6.24. The van der Waals surface area contributed by atoms with Gasteiger partial charge in [0.1, 0.15) is 5.82 Å². The Labute approximate surface area is 172 Å². The van der Waals surface area contributed by atoms with Crippen LogP contribution in [0.25, 0.3) is 0 Å². The summed E-state index contributed by atoms with van der Waals surface area (Å²) in [6, 6.07) is 6.70. The van der Waals surface area contributed by atoms with Crippen LogP contribution in [0.4, 0.5) is 4.39 Å². The van der Waals surface area contributed by atoms with Gasteiger partial charge in [0.15, 0.2) is 5.96 Å². The number of guanidine groups is 1. The summed E-state index contributed by atoms with van der Waals surface area (Å²) in [5.74, 6) is 0.418. The monoisotopic (exact) mass is 477 g/mol. The molecule has 1 N–H and O–H groups in total. The van der Waals surface area contributed by atoms with Crippen LogP contribution in [-0.2, 0) is 16.0 Å². The molecule has 1 saturated heterocycles. The third-order valence-electron chi connectivity index (χ3n) is 4.37. The Morgan fingerprint density at radius 3 is 2.96 bits per heavy atom. The first-order chi connectivity index (χ1) is 12.1. The van der Waals surface area contributed by atoms with E-state index < -0.39 is 0 Å². The molecule has 0 radical (unpaired) electrons. The molecule has 7 heteroatoms. The zero-order chi connectivity index (χ0) is 18.1. The molecule has 1 heterocycles. The number of piperidine rings is 1. The zero-order valence-corrected chi connectivity index (χ0v) is 17.9. The second kappa shape index (κ2) is 12.1. The van der Waals surface area contributed by atoms with Gasteiger partial charge in [0.2, 0.25) is 0 Å². The van der Waals surface area contributed by atoms with Crippen molar-refractivity contribution in [2.24, 2.45) is 10.9 Å². The highest BCUT2D eigenvalue weighted by Gasteiger charge is 2.28. The van der Waals surface area contributed by atoms with Crippen LogP contribution in [0.2, 0.25) is 0 Å². The van der Waals surface area contributed by atoms with E-state index in [1.807, 2.05) is 13.0 Å². The first-order valence-electron chi connectivity index (χ1n) is 9.00. The van der Waals surface area contributed by atoms with Crippen molar-refractivity contribution in [2.75, 3.05) is 33.3 Å². The Balaban J connectivity index is 0.00000338. The minimum absolute atomic E-state index is 0. The summed E-state index contributed by atoms with van der Waals surface area (Å²) < 4.78 is 18.3. The largest absolute Gasteiger partial charge is 0.466 e. The fourth-order valence-corrected chi connectivity index (χ4v) is 3.14. The maximum atomic E-state index is 13.2. The van der Waals surface area contributed by atoms with Crippen molar-refractivity contribution in [1.29, 1.82) is 0 Å². The van der Waals surface area contributed by atoms with Crippen LogP contribution in [0.15, 0.2) is 29.3 Å². The number of carbonyl (C=O) groups is 1. The van der Waals surface area contributed by atoms with E-state index >= 15 is 0 Å². The van der Waals surface area contributed by atoms with Gasteiger partial charge in [0.25, 0.3) is 0 Å². The van der Waals surface area contributed by atoms with Gasteiger partial charge in [-0.2, -0.15) is 0 Å². The van der Waals surface area contributed by atoms with E-state index in [4.69, 9.17) is 4.74 Å². The van der Waals surface area contributed by atoms with Gasteiger partial charge < -0.3 is 15.0 Å². The van der Waals surface area contributed by atoms with Crippen molar-refractivity contribution in [1.82, 2.24) is 10.2 Å². The molecular weight excluding hydrogens is 448 g/mol. The van der Waals surface area contributed by atoms with E-state index in [1.54, 1.807) is 19.2 Å². The number of halogens is 2. The van der Waals surface area contributed by atoms with Gasteiger partial charge in [-0.1, -0.05) is 12.1 Å². The van der Waals surface area contributed by atoms with Crippen LogP contribution in [0.3, 0.4) is 0 Å². The quantitative estimate of drug-likeness (QED) is 0.225. The first kappa shape index (κ1) is 22.7. The predicted molar refractivity (Wildman–Crippen MR) is 112 cm³/mol. The van der Waals surface area contributed by atoms with E-state index in [2.05, 4.69) is 15.2 Å². The molecule has 1 unspecified atom stereocenters. The van der Waals surface area contributed by atoms with Gasteiger partial charge in [-0.05, 0) is 50.3 Å². The van der Waals surface area contributed by atoms with Crippen molar-refractivity contribution in [2.45, 2.75) is 32.6 Å². The third-order valence-corrected chi connectivity index (χ3v) is 4.37. The number of benzene rings is 1. The minimum Gasteiger partial charge on any atom is -0.466 e. The van der Waals surface area contributed by atoms with E-state index in [-0.39, 0.29) is 41.7 Å². The first-order valence-corrected chi connectivity index (χ1v) is 9.00. The summed E-state index contributed by atoms with van der Waals surface area (Å²) in [4.78, 5) is 18.4. The number of carbonyl (C=O) groups excluding carboxylic acids is 1. The molecule has 1 fully saturated rings. The van der Waals surface area contributed by atoms with E-state index in [0.29, 0.717) is 13.2 Å². The lowest BCUT2D eigenvalue weighted by molar-refractivity contribution is -0.149. The number of aliphatic imine (C=N–C) groups is 1. The van der Waals surface area contributed by atoms with Crippen molar-refractivity contribution < 1.29 is 13.9 Å². The van der Waals surface area contributed by atoms with Crippen LogP contribution in [-0.4, -0.2) is 50.1 Å². The van der Waals surface area contributed by atoms with Crippen LogP contribution in [0, 0.1) is 11.7 Å². The number of aryl methyl sites for hydroxylation is 1. The van der Waals surface area contributed by atoms with Crippen molar-refractivity contribution in [3.05, 3.63) is 35.6 Å². The Morgan fingerprint density at radius 1 is 1.46 bits per heavy atom.